The maximum atomic E-state index is 4.65. The summed E-state index contributed by atoms with van der Waals surface area (Å²) in [5.41, 5.74) is 2.09. The molecule has 1 aliphatic rings. The second-order valence-corrected chi connectivity index (χ2v) is 7.93. The monoisotopic (exact) mass is 357 g/mol. The molecule has 0 bridgehead atoms. The Morgan fingerprint density at radius 1 is 1.32 bits per heavy atom. The van der Waals surface area contributed by atoms with Gasteiger partial charge >= 0.3 is 0 Å². The lowest BCUT2D eigenvalue weighted by Gasteiger charge is -2.36. The number of aromatic nitrogens is 2. The lowest BCUT2D eigenvalue weighted by Crippen LogP contribution is -2.48. The van der Waals surface area contributed by atoms with Gasteiger partial charge in [-0.25, -0.2) is 4.68 Å². The molecule has 1 aliphatic heterocycles. The molecular formula is C19H27N5S. The highest BCUT2D eigenvalue weighted by Crippen LogP contribution is 2.24. The van der Waals surface area contributed by atoms with E-state index in [0.29, 0.717) is 17.7 Å². The molecule has 3 rings (SSSR count). The fraction of sp³-hybridized carbons (Fsp3) is 0.474. The fourth-order valence-electron chi connectivity index (χ4n) is 2.95. The van der Waals surface area contributed by atoms with Gasteiger partial charge in [0.25, 0.3) is 0 Å². The van der Waals surface area contributed by atoms with Crippen molar-refractivity contribution in [1.82, 2.24) is 20.0 Å². The van der Waals surface area contributed by atoms with Crippen molar-refractivity contribution in [2.24, 2.45) is 10.9 Å². The summed E-state index contributed by atoms with van der Waals surface area (Å²) in [5, 5.41) is 8.79. The van der Waals surface area contributed by atoms with E-state index < -0.39 is 0 Å². The molecule has 1 fully saturated rings. The maximum absolute atomic E-state index is 4.65. The molecule has 0 saturated carbocycles. The average Bonchev–Trinajstić information content (AvgIpc) is 3.12. The van der Waals surface area contributed by atoms with Crippen LogP contribution in [0.2, 0.25) is 0 Å². The van der Waals surface area contributed by atoms with Gasteiger partial charge in [-0.3, -0.25) is 4.99 Å². The van der Waals surface area contributed by atoms with Crippen LogP contribution in [0.4, 0.5) is 0 Å². The Morgan fingerprint density at radius 2 is 2.12 bits per heavy atom. The normalized spacial score (nSPS) is 18.6. The van der Waals surface area contributed by atoms with E-state index in [0.717, 1.165) is 36.2 Å². The Hall–Kier alpha value is -1.95. The third-order valence-corrected chi connectivity index (χ3v) is 5.98. The molecule has 2 heterocycles. The van der Waals surface area contributed by atoms with Crippen LogP contribution in [-0.4, -0.2) is 51.8 Å². The number of para-hydroxylation sites is 1. The summed E-state index contributed by atoms with van der Waals surface area (Å²) >= 11 is 2.08. The first kappa shape index (κ1) is 17.9. The van der Waals surface area contributed by atoms with Crippen LogP contribution in [-0.2, 0) is 6.54 Å². The highest BCUT2D eigenvalue weighted by atomic mass is 32.2. The van der Waals surface area contributed by atoms with Crippen LogP contribution in [0, 0.1) is 5.92 Å². The average molecular weight is 358 g/mol. The number of nitrogens with zero attached hydrogens (tertiary/aromatic N) is 4. The minimum Gasteiger partial charge on any atom is -0.351 e. The van der Waals surface area contributed by atoms with Gasteiger partial charge in [0.1, 0.15) is 0 Å². The molecule has 2 aromatic rings. The van der Waals surface area contributed by atoms with E-state index >= 15 is 0 Å². The molecule has 5 nitrogen and oxygen atoms in total. The summed E-state index contributed by atoms with van der Waals surface area (Å²) in [6.45, 7) is 7.39. The van der Waals surface area contributed by atoms with Gasteiger partial charge < -0.3 is 10.2 Å². The fourth-order valence-corrected chi connectivity index (χ4v) is 4.25. The molecule has 1 atom stereocenters. The number of nitrogens with one attached hydrogen (secondary N) is 1. The van der Waals surface area contributed by atoms with Crippen molar-refractivity contribution in [3.05, 3.63) is 48.3 Å². The van der Waals surface area contributed by atoms with E-state index in [-0.39, 0.29) is 0 Å². The van der Waals surface area contributed by atoms with Crippen LogP contribution >= 0.6 is 11.8 Å². The van der Waals surface area contributed by atoms with E-state index in [4.69, 9.17) is 0 Å². The molecule has 1 aromatic heterocycles. The highest BCUT2D eigenvalue weighted by Gasteiger charge is 2.24. The van der Waals surface area contributed by atoms with Crippen LogP contribution in [0.25, 0.3) is 5.69 Å². The topological polar surface area (TPSA) is 45.5 Å². The van der Waals surface area contributed by atoms with Crippen LogP contribution in [0.1, 0.15) is 19.5 Å². The Labute approximate surface area is 154 Å². The van der Waals surface area contributed by atoms with Gasteiger partial charge in [-0.2, -0.15) is 16.9 Å². The van der Waals surface area contributed by atoms with Gasteiger partial charge in [-0.15, -0.1) is 0 Å². The molecular weight excluding hydrogens is 330 g/mol. The van der Waals surface area contributed by atoms with Crippen molar-refractivity contribution in [1.29, 1.82) is 0 Å². The molecule has 1 saturated heterocycles. The molecule has 6 heteroatoms. The SMILES string of the molecule is CN=C(NCc1ccn(-c2ccccc2)n1)N1CCSC(C(C)C)C1. The molecule has 1 unspecified atom stereocenters. The molecule has 1 N–H and O–H groups in total. The second kappa shape index (κ2) is 8.43. The van der Waals surface area contributed by atoms with Gasteiger partial charge in [0.15, 0.2) is 5.96 Å². The number of aliphatic imine (C=N–C) groups is 1. The summed E-state index contributed by atoms with van der Waals surface area (Å²) in [4.78, 5) is 6.84. The minimum absolute atomic E-state index is 0.671. The summed E-state index contributed by atoms with van der Waals surface area (Å²) < 4.78 is 1.91. The molecule has 0 amide bonds. The number of hydrogen-bond acceptors (Lipinski definition) is 3. The van der Waals surface area contributed by atoms with Crippen molar-refractivity contribution in [2.75, 3.05) is 25.9 Å². The zero-order valence-electron chi connectivity index (χ0n) is 15.2. The van der Waals surface area contributed by atoms with Gasteiger partial charge in [-0.05, 0) is 24.1 Å². The standard InChI is InChI=1S/C19H27N5S/c1-15(2)18-14-23(11-12-25-18)19(20-3)21-13-16-9-10-24(22-16)17-7-5-4-6-8-17/h4-10,15,18H,11-14H2,1-3H3,(H,20,21). The highest BCUT2D eigenvalue weighted by molar-refractivity contribution is 8.00. The van der Waals surface area contributed by atoms with E-state index in [1.807, 2.05) is 36.1 Å². The first-order valence-corrected chi connectivity index (χ1v) is 9.89. The molecule has 0 spiro atoms. The second-order valence-electron chi connectivity index (χ2n) is 6.59. The van der Waals surface area contributed by atoms with E-state index in [2.05, 4.69) is 64.1 Å². The van der Waals surface area contributed by atoms with E-state index in [9.17, 15) is 0 Å². The van der Waals surface area contributed by atoms with Crippen molar-refractivity contribution >= 4 is 17.7 Å². The predicted octanol–water partition coefficient (Wildman–Crippen LogP) is 3.02. The lowest BCUT2D eigenvalue weighted by atomic mass is 10.1. The van der Waals surface area contributed by atoms with Crippen LogP contribution in [0.5, 0.6) is 0 Å². The Bertz CT molecular complexity index is 695. The maximum Gasteiger partial charge on any atom is 0.194 e. The summed E-state index contributed by atoms with van der Waals surface area (Å²) in [7, 11) is 1.86. The molecule has 0 radical (unpaired) electrons. The number of guanidine groups is 1. The first-order valence-electron chi connectivity index (χ1n) is 8.84. The molecule has 134 valence electrons. The molecule has 0 aliphatic carbocycles. The lowest BCUT2D eigenvalue weighted by molar-refractivity contribution is 0.380. The Balaban J connectivity index is 1.59. The number of benzene rings is 1. The van der Waals surface area contributed by atoms with Gasteiger partial charge in [-0.1, -0.05) is 32.0 Å². The van der Waals surface area contributed by atoms with Crippen molar-refractivity contribution in [3.8, 4) is 5.69 Å². The molecule has 1 aromatic carbocycles. The smallest absolute Gasteiger partial charge is 0.194 e. The summed E-state index contributed by atoms with van der Waals surface area (Å²) in [6.07, 6.45) is 2.00. The van der Waals surface area contributed by atoms with Crippen molar-refractivity contribution in [2.45, 2.75) is 25.6 Å². The van der Waals surface area contributed by atoms with Gasteiger partial charge in [0.2, 0.25) is 0 Å². The Kier molecular flexibility index (Phi) is 6.02. The van der Waals surface area contributed by atoms with E-state index in [1.54, 1.807) is 0 Å². The summed E-state index contributed by atoms with van der Waals surface area (Å²) in [6, 6.07) is 12.2. The Morgan fingerprint density at radius 3 is 2.84 bits per heavy atom. The number of rotatable bonds is 4. The zero-order chi connectivity index (χ0) is 17.6. The first-order chi connectivity index (χ1) is 12.2. The van der Waals surface area contributed by atoms with Gasteiger partial charge in [0.05, 0.1) is 17.9 Å². The largest absolute Gasteiger partial charge is 0.351 e. The third kappa shape index (κ3) is 4.57. The number of hydrogen-bond donors (Lipinski definition) is 1. The van der Waals surface area contributed by atoms with Crippen LogP contribution in [0.15, 0.2) is 47.6 Å². The van der Waals surface area contributed by atoms with Crippen molar-refractivity contribution in [3.63, 3.8) is 0 Å². The quantitative estimate of drug-likeness (QED) is 0.675. The third-order valence-electron chi connectivity index (χ3n) is 4.44. The predicted molar refractivity (Wildman–Crippen MR) is 106 cm³/mol. The minimum atomic E-state index is 0.671. The van der Waals surface area contributed by atoms with Crippen LogP contribution in [0.3, 0.4) is 0 Å². The zero-order valence-corrected chi connectivity index (χ0v) is 16.0. The summed E-state index contributed by atoms with van der Waals surface area (Å²) in [5.74, 6) is 2.82. The number of thioether (sulfide) groups is 1. The van der Waals surface area contributed by atoms with Gasteiger partial charge in [0, 0.05) is 37.3 Å². The molecule has 25 heavy (non-hydrogen) atoms. The van der Waals surface area contributed by atoms with Crippen molar-refractivity contribution < 1.29 is 0 Å². The van der Waals surface area contributed by atoms with E-state index in [1.165, 1.54) is 0 Å². The van der Waals surface area contributed by atoms with Crippen LogP contribution < -0.4 is 5.32 Å².